The normalized spacial score (nSPS) is 22.0. The molecule has 2 rings (SSSR count). The number of aliphatic hydroxyl groups is 1. The van der Waals surface area contributed by atoms with Crippen LogP contribution < -0.4 is 0 Å². The lowest BCUT2D eigenvalue weighted by atomic mass is 9.98. The monoisotopic (exact) mass is 247 g/mol. The molecule has 1 heterocycles. The topological polar surface area (TPSA) is 40.5 Å². The smallest absolute Gasteiger partial charge is 0.166 e. The van der Waals surface area contributed by atoms with Crippen LogP contribution in [0.3, 0.4) is 0 Å². The van der Waals surface area contributed by atoms with Crippen molar-refractivity contribution in [1.82, 2.24) is 4.90 Å². The predicted octanol–water partition coefficient (Wildman–Crippen LogP) is 1.96. The number of likely N-dealkylation sites (tertiary alicyclic amines) is 1. The molecule has 2 atom stereocenters. The van der Waals surface area contributed by atoms with Crippen LogP contribution in [-0.4, -0.2) is 41.5 Å². The molecule has 1 fully saturated rings. The zero-order chi connectivity index (χ0) is 13.0. The van der Waals surface area contributed by atoms with Crippen LogP contribution in [0, 0.1) is 5.92 Å². The van der Waals surface area contributed by atoms with Gasteiger partial charge in [-0.05, 0) is 19.4 Å². The molecule has 98 valence electrons. The molecule has 1 aromatic rings. The predicted molar refractivity (Wildman–Crippen MR) is 71.6 cm³/mol. The van der Waals surface area contributed by atoms with E-state index in [1.807, 2.05) is 37.3 Å². The molecule has 0 aliphatic carbocycles. The van der Waals surface area contributed by atoms with E-state index in [2.05, 4.69) is 4.90 Å². The van der Waals surface area contributed by atoms with Gasteiger partial charge < -0.3 is 5.11 Å². The lowest BCUT2D eigenvalue weighted by molar-refractivity contribution is 0.0861. The first kappa shape index (κ1) is 13.2. The van der Waals surface area contributed by atoms with Crippen LogP contribution in [0.2, 0.25) is 0 Å². The zero-order valence-corrected chi connectivity index (χ0v) is 10.9. The Balaban J connectivity index is 1.95. The highest BCUT2D eigenvalue weighted by Gasteiger charge is 2.27. The number of benzene rings is 1. The van der Waals surface area contributed by atoms with Gasteiger partial charge in [0.25, 0.3) is 0 Å². The standard InChI is InChI=1S/C15H21NO2/c1-12(10-16-9-5-8-14(16)11-17)15(18)13-6-3-2-4-7-13/h2-4,6-7,12,14,17H,5,8-11H2,1H3. The third-order valence-electron chi connectivity index (χ3n) is 3.72. The van der Waals surface area contributed by atoms with Gasteiger partial charge in [-0.2, -0.15) is 0 Å². The van der Waals surface area contributed by atoms with Gasteiger partial charge in [-0.15, -0.1) is 0 Å². The summed E-state index contributed by atoms with van der Waals surface area (Å²) in [6, 6.07) is 9.69. The maximum atomic E-state index is 12.2. The minimum atomic E-state index is -0.0143. The lowest BCUT2D eigenvalue weighted by Crippen LogP contribution is -2.37. The Morgan fingerprint density at radius 2 is 2.17 bits per heavy atom. The van der Waals surface area contributed by atoms with Crippen LogP contribution in [0.4, 0.5) is 0 Å². The summed E-state index contributed by atoms with van der Waals surface area (Å²) in [4.78, 5) is 14.5. The van der Waals surface area contributed by atoms with E-state index in [9.17, 15) is 9.90 Å². The van der Waals surface area contributed by atoms with Gasteiger partial charge in [-0.25, -0.2) is 0 Å². The summed E-state index contributed by atoms with van der Waals surface area (Å²) in [5, 5.41) is 9.28. The number of carbonyl (C=O) groups excluding carboxylic acids is 1. The third kappa shape index (κ3) is 2.98. The quantitative estimate of drug-likeness (QED) is 0.809. The summed E-state index contributed by atoms with van der Waals surface area (Å²) in [6.45, 7) is 3.92. The summed E-state index contributed by atoms with van der Waals surface area (Å²) < 4.78 is 0. The van der Waals surface area contributed by atoms with Crippen LogP contribution in [0.1, 0.15) is 30.1 Å². The van der Waals surface area contributed by atoms with E-state index in [1.54, 1.807) is 0 Å². The van der Waals surface area contributed by atoms with Crippen molar-refractivity contribution in [3.05, 3.63) is 35.9 Å². The van der Waals surface area contributed by atoms with E-state index in [-0.39, 0.29) is 24.3 Å². The van der Waals surface area contributed by atoms with Crippen LogP contribution in [0.5, 0.6) is 0 Å². The second-order valence-corrected chi connectivity index (χ2v) is 5.10. The van der Waals surface area contributed by atoms with Gasteiger partial charge >= 0.3 is 0 Å². The summed E-state index contributed by atoms with van der Waals surface area (Å²) in [6.07, 6.45) is 2.17. The number of hydrogen-bond acceptors (Lipinski definition) is 3. The second-order valence-electron chi connectivity index (χ2n) is 5.10. The number of hydrogen-bond donors (Lipinski definition) is 1. The SMILES string of the molecule is CC(CN1CCCC1CO)C(=O)c1ccccc1. The van der Waals surface area contributed by atoms with Crippen molar-refractivity contribution in [3.63, 3.8) is 0 Å². The van der Waals surface area contributed by atoms with Crippen molar-refractivity contribution in [2.75, 3.05) is 19.7 Å². The molecule has 3 heteroatoms. The molecule has 0 aromatic heterocycles. The van der Waals surface area contributed by atoms with E-state index in [0.717, 1.165) is 31.5 Å². The highest BCUT2D eigenvalue weighted by molar-refractivity contribution is 5.97. The maximum absolute atomic E-state index is 12.2. The number of nitrogens with zero attached hydrogens (tertiary/aromatic N) is 1. The van der Waals surface area contributed by atoms with Crippen LogP contribution in [-0.2, 0) is 0 Å². The molecule has 1 aliphatic heterocycles. The fourth-order valence-corrected chi connectivity index (χ4v) is 2.66. The zero-order valence-electron chi connectivity index (χ0n) is 10.9. The van der Waals surface area contributed by atoms with Crippen LogP contribution in [0.25, 0.3) is 0 Å². The van der Waals surface area contributed by atoms with Gasteiger partial charge in [0.05, 0.1) is 6.61 Å². The highest BCUT2D eigenvalue weighted by Crippen LogP contribution is 2.19. The number of aliphatic hydroxyl groups excluding tert-OH is 1. The molecular formula is C15H21NO2. The van der Waals surface area contributed by atoms with E-state index >= 15 is 0 Å². The molecule has 0 saturated carbocycles. The van der Waals surface area contributed by atoms with E-state index in [1.165, 1.54) is 0 Å². The molecule has 0 spiro atoms. The molecule has 1 N–H and O–H groups in total. The molecule has 1 aromatic carbocycles. The molecule has 3 nitrogen and oxygen atoms in total. The van der Waals surface area contributed by atoms with Gasteiger partial charge in [0.15, 0.2) is 5.78 Å². The van der Waals surface area contributed by atoms with Gasteiger partial charge in [-0.1, -0.05) is 37.3 Å². The Hall–Kier alpha value is -1.19. The van der Waals surface area contributed by atoms with Crippen molar-refractivity contribution in [2.24, 2.45) is 5.92 Å². The Kier molecular flexibility index (Phi) is 4.50. The lowest BCUT2D eigenvalue weighted by Gasteiger charge is -2.25. The summed E-state index contributed by atoms with van der Waals surface area (Å²) in [7, 11) is 0. The minimum Gasteiger partial charge on any atom is -0.395 e. The second kappa shape index (κ2) is 6.12. The van der Waals surface area contributed by atoms with E-state index in [4.69, 9.17) is 0 Å². The Labute approximate surface area is 108 Å². The Bertz CT molecular complexity index is 391. The first-order valence-electron chi connectivity index (χ1n) is 6.66. The number of carbonyl (C=O) groups is 1. The molecule has 1 saturated heterocycles. The summed E-state index contributed by atoms with van der Waals surface area (Å²) >= 11 is 0. The largest absolute Gasteiger partial charge is 0.395 e. The molecular weight excluding hydrogens is 226 g/mol. The van der Waals surface area contributed by atoms with Crippen LogP contribution >= 0.6 is 0 Å². The first-order chi connectivity index (χ1) is 8.72. The Morgan fingerprint density at radius 1 is 1.44 bits per heavy atom. The number of ketones is 1. The summed E-state index contributed by atoms with van der Waals surface area (Å²) in [5.41, 5.74) is 0.782. The van der Waals surface area contributed by atoms with Gasteiger partial charge in [-0.3, -0.25) is 9.69 Å². The fourth-order valence-electron chi connectivity index (χ4n) is 2.66. The van der Waals surface area contributed by atoms with E-state index < -0.39 is 0 Å². The average molecular weight is 247 g/mol. The highest BCUT2D eigenvalue weighted by atomic mass is 16.3. The molecule has 0 amide bonds. The van der Waals surface area contributed by atoms with Crippen molar-refractivity contribution >= 4 is 5.78 Å². The van der Waals surface area contributed by atoms with Crippen molar-refractivity contribution in [3.8, 4) is 0 Å². The minimum absolute atomic E-state index is 0.0143. The number of Topliss-reactive ketones (excluding diaryl/α,β-unsaturated/α-hetero) is 1. The Morgan fingerprint density at radius 3 is 2.83 bits per heavy atom. The van der Waals surface area contributed by atoms with Crippen molar-refractivity contribution in [1.29, 1.82) is 0 Å². The van der Waals surface area contributed by atoms with Gasteiger partial charge in [0.1, 0.15) is 0 Å². The third-order valence-corrected chi connectivity index (χ3v) is 3.72. The van der Waals surface area contributed by atoms with Gasteiger partial charge in [0.2, 0.25) is 0 Å². The summed E-state index contributed by atoms with van der Waals surface area (Å²) in [5.74, 6) is 0.179. The maximum Gasteiger partial charge on any atom is 0.166 e. The molecule has 18 heavy (non-hydrogen) atoms. The fraction of sp³-hybridized carbons (Fsp3) is 0.533. The van der Waals surface area contributed by atoms with Crippen molar-refractivity contribution in [2.45, 2.75) is 25.8 Å². The molecule has 1 aliphatic rings. The van der Waals surface area contributed by atoms with Crippen LogP contribution in [0.15, 0.2) is 30.3 Å². The molecule has 2 unspecified atom stereocenters. The van der Waals surface area contributed by atoms with Crippen molar-refractivity contribution < 1.29 is 9.90 Å². The number of rotatable bonds is 5. The van der Waals surface area contributed by atoms with Gasteiger partial charge in [0, 0.05) is 24.1 Å². The first-order valence-corrected chi connectivity index (χ1v) is 6.66. The van der Waals surface area contributed by atoms with E-state index in [0.29, 0.717) is 0 Å². The molecule has 0 bridgehead atoms. The average Bonchev–Trinajstić information content (AvgIpc) is 2.86. The molecule has 0 radical (unpaired) electrons.